The Morgan fingerprint density at radius 2 is 1.82 bits per heavy atom. The highest BCUT2D eigenvalue weighted by Crippen LogP contribution is 2.21. The van der Waals surface area contributed by atoms with Crippen molar-refractivity contribution in [1.29, 1.82) is 0 Å². The zero-order chi connectivity index (χ0) is 15.9. The molecular weight excluding hydrogens is 284 g/mol. The van der Waals surface area contributed by atoms with E-state index < -0.39 is 17.7 Å². The Labute approximate surface area is 130 Å². The van der Waals surface area contributed by atoms with Gasteiger partial charge in [0.25, 0.3) is 0 Å². The first-order valence-electron chi connectivity index (χ1n) is 7.49. The normalized spacial score (nSPS) is 12.6. The average molecular weight is 305 g/mol. The third-order valence-electron chi connectivity index (χ3n) is 3.73. The molecule has 1 atom stereocenters. The Balaban J connectivity index is 1.93. The van der Waals surface area contributed by atoms with Crippen LogP contribution >= 0.6 is 0 Å². The van der Waals surface area contributed by atoms with Crippen molar-refractivity contribution in [3.8, 4) is 0 Å². The van der Waals surface area contributed by atoms with Gasteiger partial charge in [0.15, 0.2) is 0 Å². The molecule has 0 saturated heterocycles. The van der Waals surface area contributed by atoms with Gasteiger partial charge in [0.05, 0.1) is 6.10 Å². The lowest BCUT2D eigenvalue weighted by atomic mass is 10.1. The highest BCUT2D eigenvalue weighted by molar-refractivity contribution is 5.21. The van der Waals surface area contributed by atoms with Gasteiger partial charge in [-0.1, -0.05) is 37.3 Å². The second-order valence-corrected chi connectivity index (χ2v) is 5.32. The standard InChI is InChI=1S/C18H21F2NO/c1-2-21(13-14-6-4-3-5-7-14)11-10-18(22)16-12-15(19)8-9-17(16)20/h3-9,12,18,22H,2,10-11,13H2,1H3. The van der Waals surface area contributed by atoms with E-state index in [4.69, 9.17) is 0 Å². The van der Waals surface area contributed by atoms with E-state index in [1.807, 2.05) is 37.3 Å². The maximum absolute atomic E-state index is 13.6. The summed E-state index contributed by atoms with van der Waals surface area (Å²) >= 11 is 0. The molecule has 0 fully saturated rings. The zero-order valence-electron chi connectivity index (χ0n) is 12.7. The number of aliphatic hydroxyl groups is 1. The summed E-state index contributed by atoms with van der Waals surface area (Å²) in [6, 6.07) is 13.2. The highest BCUT2D eigenvalue weighted by atomic mass is 19.1. The van der Waals surface area contributed by atoms with Gasteiger partial charge in [-0.05, 0) is 36.7 Å². The number of nitrogens with zero attached hydrogens (tertiary/aromatic N) is 1. The summed E-state index contributed by atoms with van der Waals surface area (Å²) in [4.78, 5) is 2.16. The van der Waals surface area contributed by atoms with Crippen molar-refractivity contribution >= 4 is 0 Å². The molecule has 2 rings (SSSR count). The van der Waals surface area contributed by atoms with Crippen LogP contribution in [0.25, 0.3) is 0 Å². The molecule has 0 aliphatic carbocycles. The van der Waals surface area contributed by atoms with Crippen molar-refractivity contribution in [2.75, 3.05) is 13.1 Å². The first-order chi connectivity index (χ1) is 10.6. The molecule has 4 heteroatoms. The predicted molar refractivity (Wildman–Crippen MR) is 83.3 cm³/mol. The van der Waals surface area contributed by atoms with E-state index in [-0.39, 0.29) is 5.56 Å². The van der Waals surface area contributed by atoms with E-state index in [0.717, 1.165) is 31.3 Å². The number of hydrogen-bond acceptors (Lipinski definition) is 2. The SMILES string of the molecule is CCN(CCC(O)c1cc(F)ccc1F)Cc1ccccc1. The number of halogens is 2. The second-order valence-electron chi connectivity index (χ2n) is 5.32. The van der Waals surface area contributed by atoms with Gasteiger partial charge in [-0.25, -0.2) is 8.78 Å². The molecule has 118 valence electrons. The van der Waals surface area contributed by atoms with Crippen LogP contribution in [-0.2, 0) is 6.54 Å². The fourth-order valence-electron chi connectivity index (χ4n) is 2.42. The topological polar surface area (TPSA) is 23.5 Å². The van der Waals surface area contributed by atoms with Gasteiger partial charge in [0, 0.05) is 18.7 Å². The summed E-state index contributed by atoms with van der Waals surface area (Å²) in [5.74, 6) is -1.10. The van der Waals surface area contributed by atoms with Crippen LogP contribution in [0.3, 0.4) is 0 Å². The molecule has 0 bridgehead atoms. The molecule has 2 nitrogen and oxygen atoms in total. The van der Waals surface area contributed by atoms with E-state index in [2.05, 4.69) is 4.90 Å². The zero-order valence-corrected chi connectivity index (χ0v) is 12.7. The quantitative estimate of drug-likeness (QED) is 0.838. The van der Waals surface area contributed by atoms with Crippen LogP contribution in [0.4, 0.5) is 8.78 Å². The minimum absolute atomic E-state index is 0.0239. The lowest BCUT2D eigenvalue weighted by Crippen LogP contribution is -2.25. The summed E-state index contributed by atoms with van der Waals surface area (Å²) in [5, 5.41) is 10.1. The van der Waals surface area contributed by atoms with Crippen LogP contribution < -0.4 is 0 Å². The summed E-state index contributed by atoms with van der Waals surface area (Å²) in [7, 11) is 0. The van der Waals surface area contributed by atoms with Gasteiger partial charge in [0.2, 0.25) is 0 Å². The molecule has 22 heavy (non-hydrogen) atoms. The van der Waals surface area contributed by atoms with Crippen molar-refractivity contribution < 1.29 is 13.9 Å². The fraction of sp³-hybridized carbons (Fsp3) is 0.333. The molecule has 2 aromatic rings. The summed E-state index contributed by atoms with van der Waals surface area (Å²) < 4.78 is 26.8. The van der Waals surface area contributed by atoms with Crippen molar-refractivity contribution in [3.63, 3.8) is 0 Å². The van der Waals surface area contributed by atoms with E-state index in [9.17, 15) is 13.9 Å². The summed E-state index contributed by atoms with van der Waals surface area (Å²) in [6.07, 6.45) is -0.637. The van der Waals surface area contributed by atoms with Gasteiger partial charge in [-0.3, -0.25) is 4.90 Å². The molecule has 0 aliphatic rings. The maximum Gasteiger partial charge on any atom is 0.129 e. The van der Waals surface area contributed by atoms with Gasteiger partial charge in [0.1, 0.15) is 11.6 Å². The van der Waals surface area contributed by atoms with E-state index in [1.165, 1.54) is 5.56 Å². The average Bonchev–Trinajstić information content (AvgIpc) is 2.54. The molecule has 0 aliphatic heterocycles. The van der Waals surface area contributed by atoms with Gasteiger partial charge in [-0.2, -0.15) is 0 Å². The molecule has 0 heterocycles. The highest BCUT2D eigenvalue weighted by Gasteiger charge is 2.15. The first-order valence-corrected chi connectivity index (χ1v) is 7.49. The third kappa shape index (κ3) is 4.61. The van der Waals surface area contributed by atoms with Crippen LogP contribution in [0, 0.1) is 11.6 Å². The minimum Gasteiger partial charge on any atom is -0.388 e. The van der Waals surface area contributed by atoms with Crippen LogP contribution in [-0.4, -0.2) is 23.1 Å². The molecule has 1 unspecified atom stereocenters. The Hall–Kier alpha value is -1.78. The number of rotatable bonds is 7. The van der Waals surface area contributed by atoms with Crippen molar-refractivity contribution in [1.82, 2.24) is 4.90 Å². The van der Waals surface area contributed by atoms with Crippen molar-refractivity contribution in [3.05, 3.63) is 71.3 Å². The number of hydrogen-bond donors (Lipinski definition) is 1. The Morgan fingerprint density at radius 3 is 2.50 bits per heavy atom. The summed E-state index contributed by atoms with van der Waals surface area (Å²) in [5.41, 5.74) is 1.21. The Morgan fingerprint density at radius 1 is 1.09 bits per heavy atom. The van der Waals surface area contributed by atoms with E-state index >= 15 is 0 Å². The van der Waals surface area contributed by atoms with Crippen molar-refractivity contribution in [2.45, 2.75) is 26.0 Å². The molecule has 0 amide bonds. The Kier molecular flexibility index (Phi) is 6.04. The molecule has 0 radical (unpaired) electrons. The van der Waals surface area contributed by atoms with Gasteiger partial charge >= 0.3 is 0 Å². The van der Waals surface area contributed by atoms with E-state index in [1.54, 1.807) is 0 Å². The molecular formula is C18H21F2NO. The third-order valence-corrected chi connectivity index (χ3v) is 3.73. The van der Waals surface area contributed by atoms with Gasteiger partial charge in [-0.15, -0.1) is 0 Å². The van der Waals surface area contributed by atoms with Crippen molar-refractivity contribution in [2.24, 2.45) is 0 Å². The summed E-state index contributed by atoms with van der Waals surface area (Å²) in [6.45, 7) is 4.25. The van der Waals surface area contributed by atoms with E-state index in [0.29, 0.717) is 13.0 Å². The molecule has 2 aromatic carbocycles. The Bertz CT molecular complexity index is 589. The second kappa shape index (κ2) is 8.01. The maximum atomic E-state index is 13.6. The van der Waals surface area contributed by atoms with Crippen LogP contribution in [0.1, 0.15) is 30.6 Å². The lowest BCUT2D eigenvalue weighted by Gasteiger charge is -2.22. The van der Waals surface area contributed by atoms with Crippen LogP contribution in [0.15, 0.2) is 48.5 Å². The first kappa shape index (κ1) is 16.6. The molecule has 0 saturated carbocycles. The fourth-order valence-corrected chi connectivity index (χ4v) is 2.42. The van der Waals surface area contributed by atoms with Crippen LogP contribution in [0.5, 0.6) is 0 Å². The minimum atomic E-state index is -1.000. The van der Waals surface area contributed by atoms with Gasteiger partial charge < -0.3 is 5.11 Å². The molecule has 1 N–H and O–H groups in total. The van der Waals surface area contributed by atoms with Crippen LogP contribution in [0.2, 0.25) is 0 Å². The monoisotopic (exact) mass is 305 g/mol. The predicted octanol–water partition coefficient (Wildman–Crippen LogP) is 3.91. The number of benzene rings is 2. The lowest BCUT2D eigenvalue weighted by molar-refractivity contribution is 0.137. The molecule has 0 aromatic heterocycles. The smallest absolute Gasteiger partial charge is 0.129 e. The number of aliphatic hydroxyl groups excluding tert-OH is 1. The largest absolute Gasteiger partial charge is 0.388 e. The molecule has 0 spiro atoms.